The summed E-state index contributed by atoms with van der Waals surface area (Å²) in [5, 5.41) is 1.78. The molecule has 3 rings (SSSR count). The SMILES string of the molecule is CC#CC1=C2N=C(C3CCCN(C(=O)OC(C)(C)C)C3)C=C(N)N2NC1. The molecule has 3 aliphatic rings. The van der Waals surface area contributed by atoms with Crippen LogP contribution in [-0.2, 0) is 4.74 Å². The number of carbonyl (C=O) groups is 1. The average molecular weight is 357 g/mol. The van der Waals surface area contributed by atoms with Gasteiger partial charge in [-0.3, -0.25) is 0 Å². The maximum Gasteiger partial charge on any atom is 0.410 e. The molecular formula is C19H27N5O2. The third-order valence-corrected chi connectivity index (χ3v) is 4.45. The highest BCUT2D eigenvalue weighted by Gasteiger charge is 2.33. The molecule has 1 saturated heterocycles. The lowest BCUT2D eigenvalue weighted by molar-refractivity contribution is 0.0194. The van der Waals surface area contributed by atoms with E-state index in [0.717, 1.165) is 29.9 Å². The van der Waals surface area contributed by atoms with Gasteiger partial charge in [0.05, 0.1) is 17.8 Å². The Kier molecular flexibility index (Phi) is 4.97. The summed E-state index contributed by atoms with van der Waals surface area (Å²) in [6.45, 7) is 9.37. The first-order valence-electron chi connectivity index (χ1n) is 9.01. The van der Waals surface area contributed by atoms with E-state index in [1.807, 2.05) is 33.8 Å². The van der Waals surface area contributed by atoms with Gasteiger partial charge < -0.3 is 15.4 Å². The molecule has 0 aliphatic carbocycles. The molecule has 0 bridgehead atoms. The number of hydrogen-bond acceptors (Lipinski definition) is 6. The molecule has 0 aromatic carbocycles. The number of likely N-dealkylation sites (tertiary alicyclic amines) is 1. The minimum absolute atomic E-state index is 0.140. The third kappa shape index (κ3) is 3.86. The van der Waals surface area contributed by atoms with Crippen molar-refractivity contribution >= 4 is 11.8 Å². The fourth-order valence-electron chi connectivity index (χ4n) is 3.32. The van der Waals surface area contributed by atoms with E-state index in [0.29, 0.717) is 25.5 Å². The largest absolute Gasteiger partial charge is 0.444 e. The molecular weight excluding hydrogens is 330 g/mol. The van der Waals surface area contributed by atoms with Gasteiger partial charge in [0.1, 0.15) is 11.4 Å². The Bertz CT molecular complexity index is 748. The molecule has 3 heterocycles. The first kappa shape index (κ1) is 18.3. The van der Waals surface area contributed by atoms with Crippen LogP contribution in [0.1, 0.15) is 40.5 Å². The number of carbonyl (C=O) groups excluding carboxylic acids is 1. The lowest BCUT2D eigenvalue weighted by atomic mass is 9.92. The van der Waals surface area contributed by atoms with Gasteiger partial charge in [0.15, 0.2) is 5.82 Å². The summed E-state index contributed by atoms with van der Waals surface area (Å²) in [5.74, 6) is 7.52. The van der Waals surface area contributed by atoms with E-state index in [9.17, 15) is 4.79 Å². The van der Waals surface area contributed by atoms with E-state index >= 15 is 0 Å². The molecule has 7 nitrogen and oxygen atoms in total. The van der Waals surface area contributed by atoms with E-state index in [-0.39, 0.29) is 12.0 Å². The van der Waals surface area contributed by atoms with Crippen LogP contribution >= 0.6 is 0 Å². The summed E-state index contributed by atoms with van der Waals surface area (Å²) >= 11 is 0. The Labute approximate surface area is 154 Å². The molecule has 140 valence electrons. The topological polar surface area (TPSA) is 83.2 Å². The Balaban J connectivity index is 1.79. The zero-order valence-corrected chi connectivity index (χ0v) is 15.9. The van der Waals surface area contributed by atoms with Gasteiger partial charge >= 0.3 is 6.09 Å². The number of nitrogens with one attached hydrogen (secondary N) is 1. The lowest BCUT2D eigenvalue weighted by Gasteiger charge is -2.35. The van der Waals surface area contributed by atoms with Crippen molar-refractivity contribution in [2.24, 2.45) is 16.6 Å². The van der Waals surface area contributed by atoms with Gasteiger partial charge in [0, 0.05) is 25.1 Å². The summed E-state index contributed by atoms with van der Waals surface area (Å²) in [5.41, 5.74) is 10.7. The molecule has 7 heteroatoms. The van der Waals surface area contributed by atoms with Crippen molar-refractivity contribution < 1.29 is 9.53 Å². The van der Waals surface area contributed by atoms with Crippen LogP contribution in [0.3, 0.4) is 0 Å². The number of aliphatic imine (C=N–C) groups is 1. The molecule has 1 fully saturated rings. The number of nitrogens with two attached hydrogens (primary N) is 1. The Hall–Kier alpha value is -2.46. The van der Waals surface area contributed by atoms with Crippen LogP contribution in [0.5, 0.6) is 0 Å². The summed E-state index contributed by atoms with van der Waals surface area (Å²) in [4.78, 5) is 19.0. The Morgan fingerprint density at radius 3 is 2.92 bits per heavy atom. The van der Waals surface area contributed by atoms with Gasteiger partial charge in [-0.25, -0.2) is 20.2 Å². The lowest BCUT2D eigenvalue weighted by Crippen LogP contribution is -2.45. The van der Waals surface area contributed by atoms with Crippen LogP contribution in [-0.4, -0.2) is 46.9 Å². The molecule has 0 radical (unpaired) electrons. The number of ether oxygens (including phenoxy) is 1. The normalized spacial score (nSPS) is 23.0. The van der Waals surface area contributed by atoms with Crippen LogP contribution in [0.15, 0.2) is 28.3 Å². The number of amides is 1. The second kappa shape index (κ2) is 7.04. The molecule has 0 aromatic rings. The van der Waals surface area contributed by atoms with Crippen LogP contribution in [0.4, 0.5) is 4.79 Å². The predicted octanol–water partition coefficient (Wildman–Crippen LogP) is 1.94. The average Bonchev–Trinajstić information content (AvgIpc) is 2.97. The monoisotopic (exact) mass is 357 g/mol. The fourth-order valence-corrected chi connectivity index (χ4v) is 3.32. The first-order valence-corrected chi connectivity index (χ1v) is 9.01. The van der Waals surface area contributed by atoms with Crippen LogP contribution in [0.25, 0.3) is 0 Å². The highest BCUT2D eigenvalue weighted by Crippen LogP contribution is 2.28. The summed E-state index contributed by atoms with van der Waals surface area (Å²) in [6.07, 6.45) is 3.51. The predicted molar refractivity (Wildman–Crippen MR) is 101 cm³/mol. The van der Waals surface area contributed by atoms with Crippen molar-refractivity contribution in [3.05, 3.63) is 23.3 Å². The van der Waals surface area contributed by atoms with Crippen LogP contribution < -0.4 is 11.2 Å². The van der Waals surface area contributed by atoms with Crippen molar-refractivity contribution in [1.29, 1.82) is 0 Å². The molecule has 0 aromatic heterocycles. The molecule has 26 heavy (non-hydrogen) atoms. The molecule has 0 saturated carbocycles. The van der Waals surface area contributed by atoms with Crippen molar-refractivity contribution in [3.8, 4) is 11.8 Å². The van der Waals surface area contributed by atoms with Crippen LogP contribution in [0, 0.1) is 17.8 Å². The van der Waals surface area contributed by atoms with Crippen molar-refractivity contribution in [2.45, 2.75) is 46.1 Å². The third-order valence-electron chi connectivity index (χ3n) is 4.45. The summed E-state index contributed by atoms with van der Waals surface area (Å²) < 4.78 is 5.51. The summed E-state index contributed by atoms with van der Waals surface area (Å²) in [6, 6.07) is 0. The van der Waals surface area contributed by atoms with Crippen molar-refractivity contribution in [3.63, 3.8) is 0 Å². The van der Waals surface area contributed by atoms with Gasteiger partial charge in [-0.05, 0) is 40.5 Å². The van der Waals surface area contributed by atoms with Gasteiger partial charge in [0.25, 0.3) is 0 Å². The van der Waals surface area contributed by atoms with E-state index in [1.54, 1.807) is 9.91 Å². The fraction of sp³-hybridized carbons (Fsp3) is 0.579. The van der Waals surface area contributed by atoms with E-state index in [4.69, 9.17) is 15.5 Å². The van der Waals surface area contributed by atoms with Gasteiger partial charge in [-0.2, -0.15) is 0 Å². The molecule has 1 atom stereocenters. The van der Waals surface area contributed by atoms with Crippen molar-refractivity contribution in [1.82, 2.24) is 15.3 Å². The maximum absolute atomic E-state index is 12.4. The van der Waals surface area contributed by atoms with Gasteiger partial charge in [-0.15, -0.1) is 5.92 Å². The van der Waals surface area contributed by atoms with Gasteiger partial charge in [-0.1, -0.05) is 5.92 Å². The second-order valence-electron chi connectivity index (χ2n) is 7.72. The smallest absolute Gasteiger partial charge is 0.410 e. The number of rotatable bonds is 1. The molecule has 1 unspecified atom stereocenters. The van der Waals surface area contributed by atoms with Crippen molar-refractivity contribution in [2.75, 3.05) is 19.6 Å². The Morgan fingerprint density at radius 2 is 2.23 bits per heavy atom. The van der Waals surface area contributed by atoms with Crippen LogP contribution in [0.2, 0.25) is 0 Å². The standard InChI is InChI=1S/C19H27N5O2/c1-5-7-13-11-21-24-16(20)10-15(22-17(13)24)14-8-6-9-23(12-14)18(25)26-19(2,3)4/h10,14,21H,6,8-9,11-12,20H2,1-4H3. The molecule has 1 amide bonds. The van der Waals surface area contributed by atoms with E-state index in [1.165, 1.54) is 0 Å². The van der Waals surface area contributed by atoms with E-state index < -0.39 is 5.60 Å². The summed E-state index contributed by atoms with van der Waals surface area (Å²) in [7, 11) is 0. The number of hydrogen-bond donors (Lipinski definition) is 2. The van der Waals surface area contributed by atoms with Gasteiger partial charge in [0.2, 0.25) is 0 Å². The second-order valence-corrected chi connectivity index (χ2v) is 7.72. The van der Waals surface area contributed by atoms with E-state index in [2.05, 4.69) is 17.3 Å². The molecule has 0 spiro atoms. The first-order chi connectivity index (χ1) is 12.3. The zero-order valence-electron chi connectivity index (χ0n) is 15.9. The number of piperidine rings is 1. The number of nitrogens with zero attached hydrogens (tertiary/aromatic N) is 3. The molecule has 3 aliphatic heterocycles. The quantitative estimate of drug-likeness (QED) is 0.701. The minimum atomic E-state index is -0.495. The highest BCUT2D eigenvalue weighted by molar-refractivity contribution is 5.99. The highest BCUT2D eigenvalue weighted by atomic mass is 16.6. The number of fused-ring (bicyclic) bond motifs is 1. The Morgan fingerprint density at radius 1 is 1.46 bits per heavy atom. The minimum Gasteiger partial charge on any atom is -0.444 e. The number of allylic oxidation sites excluding steroid dienone is 1. The number of hydrazine groups is 1. The maximum atomic E-state index is 12.4. The zero-order chi connectivity index (χ0) is 18.9. The molecule has 3 N–H and O–H groups in total.